The van der Waals surface area contributed by atoms with Gasteiger partial charge in [-0.25, -0.2) is 0 Å². The highest BCUT2D eigenvalue weighted by Gasteiger charge is 2.20. The number of hydrogen-bond donors (Lipinski definition) is 2. The number of carbonyl (C=O) groups is 1. The molecule has 3 N–H and O–H groups in total. The second kappa shape index (κ2) is 7.98. The number of nitrogens with two attached hydrogens (primary N) is 1. The first-order chi connectivity index (χ1) is 9.90. The van der Waals surface area contributed by atoms with Gasteiger partial charge in [0, 0.05) is 24.3 Å². The lowest BCUT2D eigenvalue weighted by molar-refractivity contribution is -0.122. The number of carbonyl (C=O) groups excluding carboxylic acids is 1. The van der Waals surface area contributed by atoms with Crippen molar-refractivity contribution in [1.29, 1.82) is 0 Å². The van der Waals surface area contributed by atoms with Crippen molar-refractivity contribution in [2.24, 2.45) is 5.73 Å². The molecular formula is C16H25N3OS. The summed E-state index contributed by atoms with van der Waals surface area (Å²) < 4.78 is 0. The van der Waals surface area contributed by atoms with Gasteiger partial charge in [-0.3, -0.25) is 4.79 Å². The Bertz CT molecular complexity index is 483. The van der Waals surface area contributed by atoms with Crippen LogP contribution in [-0.4, -0.2) is 30.0 Å². The van der Waals surface area contributed by atoms with E-state index in [9.17, 15) is 4.79 Å². The van der Waals surface area contributed by atoms with Crippen LogP contribution in [0.5, 0.6) is 0 Å². The second-order valence-corrected chi connectivity index (χ2v) is 5.66. The molecule has 5 heteroatoms. The Kier molecular flexibility index (Phi) is 6.62. The summed E-state index contributed by atoms with van der Waals surface area (Å²) in [7, 11) is 1.91. The summed E-state index contributed by atoms with van der Waals surface area (Å²) >= 11 is 4.94. The van der Waals surface area contributed by atoms with E-state index in [0.29, 0.717) is 4.99 Å². The molecule has 0 aliphatic carbocycles. The van der Waals surface area contributed by atoms with Gasteiger partial charge in [0.1, 0.15) is 11.0 Å². The van der Waals surface area contributed by atoms with E-state index in [1.54, 1.807) is 0 Å². The van der Waals surface area contributed by atoms with Gasteiger partial charge in [-0.1, -0.05) is 26.1 Å². The van der Waals surface area contributed by atoms with Gasteiger partial charge >= 0.3 is 0 Å². The van der Waals surface area contributed by atoms with E-state index >= 15 is 0 Å². The molecule has 0 aliphatic heterocycles. The molecular weight excluding hydrogens is 282 g/mol. The molecule has 0 fully saturated rings. The summed E-state index contributed by atoms with van der Waals surface area (Å²) in [6, 6.07) is 7.61. The van der Waals surface area contributed by atoms with Crippen LogP contribution in [0, 0.1) is 0 Å². The van der Waals surface area contributed by atoms with Gasteiger partial charge in [-0.05, 0) is 44.0 Å². The molecule has 1 unspecified atom stereocenters. The van der Waals surface area contributed by atoms with Crippen molar-refractivity contribution in [1.82, 2.24) is 5.32 Å². The van der Waals surface area contributed by atoms with Gasteiger partial charge in [0.15, 0.2) is 0 Å². The number of likely N-dealkylation sites (N-methyl/N-ethyl adjacent to an activating group) is 1. The number of thiocarbonyl (C=S) groups is 1. The van der Waals surface area contributed by atoms with Crippen molar-refractivity contribution in [3.63, 3.8) is 0 Å². The van der Waals surface area contributed by atoms with Crippen LogP contribution >= 0.6 is 12.2 Å². The average molecular weight is 307 g/mol. The highest BCUT2D eigenvalue weighted by Crippen LogP contribution is 2.16. The Balaban J connectivity index is 2.74. The fraction of sp³-hybridized carbons (Fsp3) is 0.500. The van der Waals surface area contributed by atoms with E-state index in [0.717, 1.165) is 24.1 Å². The first-order valence-electron chi connectivity index (χ1n) is 7.33. The van der Waals surface area contributed by atoms with E-state index in [2.05, 4.69) is 19.2 Å². The predicted octanol–water partition coefficient (Wildman–Crippen LogP) is 2.45. The maximum Gasteiger partial charge on any atom is 0.242 e. The summed E-state index contributed by atoms with van der Waals surface area (Å²) in [5.41, 5.74) is 7.38. The highest BCUT2D eigenvalue weighted by atomic mass is 32.1. The van der Waals surface area contributed by atoms with E-state index in [1.165, 1.54) is 0 Å². The lowest BCUT2D eigenvalue weighted by Crippen LogP contribution is -2.46. The molecule has 1 aromatic carbocycles. The third-order valence-electron chi connectivity index (χ3n) is 3.85. The minimum atomic E-state index is -0.235. The predicted molar refractivity (Wildman–Crippen MR) is 92.7 cm³/mol. The Morgan fingerprint density at radius 1 is 1.29 bits per heavy atom. The molecule has 0 aromatic heterocycles. The standard InChI is InChI=1S/C16H25N3OS/c1-5-13(6-2)18-16(20)11(3)19(4)14-9-7-12(8-10-14)15(17)21/h7-11,13H,5-6H2,1-4H3,(H2,17,21)(H,18,20). The molecule has 0 saturated carbocycles. The SMILES string of the molecule is CCC(CC)NC(=O)C(C)N(C)c1ccc(C(N)=S)cc1. The van der Waals surface area contributed by atoms with Crippen molar-refractivity contribution >= 4 is 28.8 Å². The van der Waals surface area contributed by atoms with E-state index in [4.69, 9.17) is 18.0 Å². The van der Waals surface area contributed by atoms with Crippen LogP contribution < -0.4 is 16.0 Å². The number of nitrogens with zero attached hydrogens (tertiary/aromatic N) is 1. The Hall–Kier alpha value is -1.62. The van der Waals surface area contributed by atoms with Crippen molar-refractivity contribution < 1.29 is 4.79 Å². The van der Waals surface area contributed by atoms with Crippen LogP contribution in [0.2, 0.25) is 0 Å². The maximum absolute atomic E-state index is 12.3. The fourth-order valence-corrected chi connectivity index (χ4v) is 2.21. The summed E-state index contributed by atoms with van der Waals surface area (Å²) in [5.74, 6) is 0.0459. The third-order valence-corrected chi connectivity index (χ3v) is 4.09. The van der Waals surface area contributed by atoms with Crippen LogP contribution in [0.15, 0.2) is 24.3 Å². The minimum absolute atomic E-state index is 0.0459. The maximum atomic E-state index is 12.3. The lowest BCUT2D eigenvalue weighted by Gasteiger charge is -2.28. The Morgan fingerprint density at radius 3 is 2.24 bits per heavy atom. The average Bonchev–Trinajstić information content (AvgIpc) is 2.50. The normalized spacial score (nSPS) is 12.0. The monoisotopic (exact) mass is 307 g/mol. The largest absolute Gasteiger partial charge is 0.389 e. The van der Waals surface area contributed by atoms with Crippen molar-refractivity contribution in [2.75, 3.05) is 11.9 Å². The number of hydrogen-bond acceptors (Lipinski definition) is 3. The summed E-state index contributed by atoms with van der Waals surface area (Å²) in [4.78, 5) is 14.6. The zero-order valence-electron chi connectivity index (χ0n) is 13.2. The summed E-state index contributed by atoms with van der Waals surface area (Å²) in [6.07, 6.45) is 1.89. The Morgan fingerprint density at radius 2 is 1.81 bits per heavy atom. The Labute approximate surface area is 132 Å². The van der Waals surface area contributed by atoms with Crippen LogP contribution in [0.3, 0.4) is 0 Å². The van der Waals surface area contributed by atoms with E-state index < -0.39 is 0 Å². The third kappa shape index (κ3) is 4.70. The number of anilines is 1. The van der Waals surface area contributed by atoms with Crippen LogP contribution in [0.4, 0.5) is 5.69 Å². The van der Waals surface area contributed by atoms with Crippen molar-refractivity contribution in [3.8, 4) is 0 Å². The lowest BCUT2D eigenvalue weighted by atomic mass is 10.1. The van der Waals surface area contributed by atoms with E-state index in [1.807, 2.05) is 43.1 Å². The van der Waals surface area contributed by atoms with Crippen molar-refractivity contribution in [3.05, 3.63) is 29.8 Å². The highest BCUT2D eigenvalue weighted by molar-refractivity contribution is 7.80. The molecule has 1 amide bonds. The number of benzene rings is 1. The molecule has 4 nitrogen and oxygen atoms in total. The van der Waals surface area contributed by atoms with Gasteiger partial charge in [0.25, 0.3) is 0 Å². The smallest absolute Gasteiger partial charge is 0.242 e. The van der Waals surface area contributed by atoms with E-state index in [-0.39, 0.29) is 18.0 Å². The van der Waals surface area contributed by atoms with Crippen molar-refractivity contribution in [2.45, 2.75) is 45.7 Å². The number of nitrogens with one attached hydrogen (secondary N) is 1. The zero-order valence-corrected chi connectivity index (χ0v) is 14.0. The molecule has 21 heavy (non-hydrogen) atoms. The summed E-state index contributed by atoms with van der Waals surface area (Å²) in [6.45, 7) is 6.06. The van der Waals surface area contributed by atoms with Gasteiger partial charge in [-0.15, -0.1) is 0 Å². The van der Waals surface area contributed by atoms with Crippen LogP contribution in [0.25, 0.3) is 0 Å². The minimum Gasteiger partial charge on any atom is -0.389 e. The quantitative estimate of drug-likeness (QED) is 0.760. The van der Waals surface area contributed by atoms with Gasteiger partial charge < -0.3 is 16.0 Å². The van der Waals surface area contributed by atoms with Crippen LogP contribution in [-0.2, 0) is 4.79 Å². The molecule has 0 saturated heterocycles. The molecule has 0 bridgehead atoms. The van der Waals surface area contributed by atoms with Gasteiger partial charge in [0.05, 0.1) is 0 Å². The molecule has 1 rings (SSSR count). The van der Waals surface area contributed by atoms with Gasteiger partial charge in [-0.2, -0.15) is 0 Å². The van der Waals surface area contributed by atoms with Crippen LogP contribution in [0.1, 0.15) is 39.2 Å². The number of rotatable bonds is 7. The van der Waals surface area contributed by atoms with Gasteiger partial charge in [0.2, 0.25) is 5.91 Å². The molecule has 1 aromatic rings. The molecule has 116 valence electrons. The topological polar surface area (TPSA) is 58.4 Å². The molecule has 0 spiro atoms. The molecule has 0 radical (unpaired) electrons. The molecule has 0 heterocycles. The summed E-state index contributed by atoms with van der Waals surface area (Å²) in [5, 5.41) is 3.08. The second-order valence-electron chi connectivity index (χ2n) is 5.22. The molecule has 0 aliphatic rings. The molecule has 1 atom stereocenters. The first kappa shape index (κ1) is 17.4. The number of amides is 1. The zero-order chi connectivity index (χ0) is 16.0. The fourth-order valence-electron chi connectivity index (χ4n) is 2.07. The first-order valence-corrected chi connectivity index (χ1v) is 7.74.